The van der Waals surface area contributed by atoms with E-state index >= 15 is 0 Å². The van der Waals surface area contributed by atoms with Crippen molar-refractivity contribution in [1.29, 1.82) is 0 Å². The van der Waals surface area contributed by atoms with E-state index in [2.05, 4.69) is 24.4 Å². The first-order valence-corrected chi connectivity index (χ1v) is 6.93. The number of hydrogen-bond donors (Lipinski definition) is 2. The molecule has 0 bridgehead atoms. The monoisotopic (exact) mass is 248 g/mol. The average Bonchev–Trinajstić information content (AvgIpc) is 2.84. The van der Waals surface area contributed by atoms with E-state index in [1.54, 1.807) is 0 Å². The molecule has 1 aliphatic rings. The fraction of sp³-hybridized carbons (Fsp3) is 0.600. The lowest BCUT2D eigenvalue weighted by Crippen LogP contribution is -2.26. The van der Waals surface area contributed by atoms with Gasteiger partial charge in [0.15, 0.2) is 0 Å². The van der Waals surface area contributed by atoms with Crippen LogP contribution in [-0.4, -0.2) is 19.2 Å². The number of benzene rings is 1. The highest BCUT2D eigenvalue weighted by Crippen LogP contribution is 2.25. The highest BCUT2D eigenvalue weighted by molar-refractivity contribution is 5.37. The summed E-state index contributed by atoms with van der Waals surface area (Å²) in [4.78, 5) is 0. The predicted octanol–water partition coefficient (Wildman–Crippen LogP) is 2.54. The van der Waals surface area contributed by atoms with Gasteiger partial charge < -0.3 is 15.8 Å². The van der Waals surface area contributed by atoms with Crippen LogP contribution < -0.4 is 15.8 Å². The molecule has 2 unspecified atom stereocenters. The van der Waals surface area contributed by atoms with E-state index in [1.165, 1.54) is 24.0 Å². The molecule has 100 valence electrons. The van der Waals surface area contributed by atoms with Gasteiger partial charge >= 0.3 is 0 Å². The molecule has 1 saturated heterocycles. The zero-order valence-electron chi connectivity index (χ0n) is 11.4. The fourth-order valence-electron chi connectivity index (χ4n) is 2.62. The molecule has 3 nitrogen and oxygen atoms in total. The van der Waals surface area contributed by atoms with Crippen molar-refractivity contribution in [3.63, 3.8) is 0 Å². The molecule has 1 aromatic rings. The van der Waals surface area contributed by atoms with Gasteiger partial charge in [-0.05, 0) is 56.8 Å². The van der Waals surface area contributed by atoms with E-state index in [0.29, 0.717) is 12.6 Å². The van der Waals surface area contributed by atoms with Crippen molar-refractivity contribution in [1.82, 2.24) is 5.32 Å². The van der Waals surface area contributed by atoms with Gasteiger partial charge in [-0.1, -0.05) is 12.1 Å². The van der Waals surface area contributed by atoms with Crippen molar-refractivity contribution in [3.05, 3.63) is 29.3 Å². The van der Waals surface area contributed by atoms with Gasteiger partial charge in [0.05, 0.1) is 6.61 Å². The van der Waals surface area contributed by atoms with E-state index in [9.17, 15) is 0 Å². The maximum absolute atomic E-state index is 6.29. The highest BCUT2D eigenvalue weighted by atomic mass is 16.5. The van der Waals surface area contributed by atoms with E-state index in [1.807, 2.05) is 13.0 Å². The largest absolute Gasteiger partial charge is 0.494 e. The van der Waals surface area contributed by atoms with Crippen molar-refractivity contribution in [2.45, 2.75) is 45.2 Å². The molecule has 2 atom stereocenters. The molecular formula is C15H24N2O. The molecule has 2 rings (SSSR count). The van der Waals surface area contributed by atoms with Crippen molar-refractivity contribution in [3.8, 4) is 5.75 Å². The molecule has 0 saturated carbocycles. The summed E-state index contributed by atoms with van der Waals surface area (Å²) in [6.45, 7) is 5.93. The number of ether oxygens (including phenoxy) is 1. The van der Waals surface area contributed by atoms with Gasteiger partial charge in [-0.25, -0.2) is 0 Å². The topological polar surface area (TPSA) is 47.3 Å². The maximum atomic E-state index is 6.29. The van der Waals surface area contributed by atoms with Crippen LogP contribution in [0.1, 0.15) is 43.4 Å². The first-order valence-electron chi connectivity index (χ1n) is 6.93. The molecule has 18 heavy (non-hydrogen) atoms. The summed E-state index contributed by atoms with van der Waals surface area (Å²) in [6.07, 6.45) is 3.55. The Kier molecular flexibility index (Phi) is 4.61. The van der Waals surface area contributed by atoms with Gasteiger partial charge in [0, 0.05) is 12.1 Å². The summed E-state index contributed by atoms with van der Waals surface area (Å²) < 4.78 is 5.55. The van der Waals surface area contributed by atoms with Crippen LogP contribution >= 0.6 is 0 Å². The Balaban J connectivity index is 2.01. The molecule has 1 fully saturated rings. The van der Waals surface area contributed by atoms with Gasteiger partial charge in [-0.15, -0.1) is 0 Å². The molecule has 0 amide bonds. The van der Waals surface area contributed by atoms with Crippen molar-refractivity contribution in [2.75, 3.05) is 13.2 Å². The van der Waals surface area contributed by atoms with Gasteiger partial charge in [-0.3, -0.25) is 0 Å². The minimum Gasteiger partial charge on any atom is -0.494 e. The lowest BCUT2D eigenvalue weighted by Gasteiger charge is -2.18. The summed E-state index contributed by atoms with van der Waals surface area (Å²) >= 11 is 0. The molecule has 0 radical (unpaired) electrons. The minimum atomic E-state index is 0.120. The summed E-state index contributed by atoms with van der Waals surface area (Å²) in [5, 5.41) is 3.50. The number of hydrogen-bond acceptors (Lipinski definition) is 3. The molecule has 1 heterocycles. The Morgan fingerprint density at radius 3 is 2.94 bits per heavy atom. The minimum absolute atomic E-state index is 0.120. The van der Waals surface area contributed by atoms with Gasteiger partial charge in [0.25, 0.3) is 0 Å². The van der Waals surface area contributed by atoms with E-state index < -0.39 is 0 Å². The smallest absolute Gasteiger partial charge is 0.122 e. The van der Waals surface area contributed by atoms with E-state index in [0.717, 1.165) is 18.7 Å². The molecule has 1 aromatic carbocycles. The first kappa shape index (κ1) is 13.4. The number of nitrogens with one attached hydrogen (secondary N) is 1. The van der Waals surface area contributed by atoms with Crippen LogP contribution in [-0.2, 0) is 0 Å². The van der Waals surface area contributed by atoms with Gasteiger partial charge in [0.2, 0.25) is 0 Å². The molecule has 0 aliphatic carbocycles. The van der Waals surface area contributed by atoms with E-state index in [4.69, 9.17) is 10.5 Å². The Labute approximate surface area is 110 Å². The number of rotatable bonds is 5. The lowest BCUT2D eigenvalue weighted by molar-refractivity contribution is 0.337. The standard InChI is InChI=1S/C15H24N2O/c1-3-18-15-7-6-12(9-11(15)2)14(16)10-13-5-4-8-17-13/h6-7,9,13-14,17H,3-5,8,10,16H2,1-2H3. The average molecular weight is 248 g/mol. The first-order chi connectivity index (χ1) is 8.70. The quantitative estimate of drug-likeness (QED) is 0.842. The van der Waals surface area contributed by atoms with Crippen LogP contribution in [0, 0.1) is 6.92 Å². The third-order valence-electron chi connectivity index (χ3n) is 3.63. The molecule has 1 aliphatic heterocycles. The van der Waals surface area contributed by atoms with Crippen LogP contribution in [0.5, 0.6) is 5.75 Å². The second-order valence-corrected chi connectivity index (χ2v) is 5.09. The Morgan fingerprint density at radius 1 is 1.50 bits per heavy atom. The Hall–Kier alpha value is -1.06. The highest BCUT2D eigenvalue weighted by Gasteiger charge is 2.18. The maximum Gasteiger partial charge on any atom is 0.122 e. The molecule has 3 N–H and O–H groups in total. The zero-order chi connectivity index (χ0) is 13.0. The number of aryl methyl sites for hydroxylation is 1. The SMILES string of the molecule is CCOc1ccc(C(N)CC2CCCN2)cc1C. The van der Waals surface area contributed by atoms with Crippen LogP contribution in [0.3, 0.4) is 0 Å². The summed E-state index contributed by atoms with van der Waals surface area (Å²) in [5.41, 5.74) is 8.67. The Bertz CT molecular complexity index is 386. The van der Waals surface area contributed by atoms with Gasteiger partial charge in [-0.2, -0.15) is 0 Å². The van der Waals surface area contributed by atoms with E-state index in [-0.39, 0.29) is 6.04 Å². The predicted molar refractivity (Wildman–Crippen MR) is 74.9 cm³/mol. The van der Waals surface area contributed by atoms with Gasteiger partial charge in [0.1, 0.15) is 5.75 Å². The Morgan fingerprint density at radius 2 is 2.33 bits per heavy atom. The molecule has 0 spiro atoms. The second-order valence-electron chi connectivity index (χ2n) is 5.09. The summed E-state index contributed by atoms with van der Waals surface area (Å²) in [6, 6.07) is 7.00. The number of nitrogens with two attached hydrogens (primary N) is 1. The lowest BCUT2D eigenvalue weighted by atomic mass is 9.97. The third-order valence-corrected chi connectivity index (χ3v) is 3.63. The normalized spacial score (nSPS) is 20.9. The van der Waals surface area contributed by atoms with Crippen molar-refractivity contribution >= 4 is 0 Å². The summed E-state index contributed by atoms with van der Waals surface area (Å²) in [7, 11) is 0. The molecular weight excluding hydrogens is 224 g/mol. The zero-order valence-corrected chi connectivity index (χ0v) is 11.4. The third kappa shape index (κ3) is 3.24. The fourth-order valence-corrected chi connectivity index (χ4v) is 2.62. The van der Waals surface area contributed by atoms with Crippen molar-refractivity contribution < 1.29 is 4.74 Å². The molecule has 0 aromatic heterocycles. The second kappa shape index (κ2) is 6.21. The van der Waals surface area contributed by atoms with Crippen LogP contribution in [0.15, 0.2) is 18.2 Å². The van der Waals surface area contributed by atoms with Crippen LogP contribution in [0.2, 0.25) is 0 Å². The van der Waals surface area contributed by atoms with Crippen LogP contribution in [0.25, 0.3) is 0 Å². The summed E-state index contributed by atoms with van der Waals surface area (Å²) in [5.74, 6) is 0.965. The molecule has 3 heteroatoms. The van der Waals surface area contributed by atoms with Crippen LogP contribution in [0.4, 0.5) is 0 Å². The van der Waals surface area contributed by atoms with Crippen molar-refractivity contribution in [2.24, 2.45) is 5.73 Å².